The summed E-state index contributed by atoms with van der Waals surface area (Å²) < 4.78 is 5.59. The summed E-state index contributed by atoms with van der Waals surface area (Å²) in [6.45, 7) is 5.16. The molecule has 0 aromatic heterocycles. The average Bonchev–Trinajstić information content (AvgIpc) is 3.14. The highest BCUT2D eigenvalue weighted by Gasteiger charge is 2.23. The maximum absolute atomic E-state index is 12.3. The van der Waals surface area contributed by atoms with E-state index in [4.69, 9.17) is 10.00 Å². The number of carbonyl (C=O) groups is 1. The second-order valence-electron chi connectivity index (χ2n) is 6.64. The third-order valence-corrected chi connectivity index (χ3v) is 4.92. The van der Waals surface area contributed by atoms with Gasteiger partial charge in [-0.25, -0.2) is 0 Å². The highest BCUT2D eigenvalue weighted by atomic mass is 16.5. The minimum atomic E-state index is 0.267. The molecule has 0 saturated carbocycles. The van der Waals surface area contributed by atoms with Crippen LogP contribution in [0.25, 0.3) is 0 Å². The van der Waals surface area contributed by atoms with E-state index in [2.05, 4.69) is 11.0 Å². The minimum Gasteiger partial charge on any atom is -0.378 e. The summed E-state index contributed by atoms with van der Waals surface area (Å²) in [6.07, 6.45) is 4.01. The molecule has 0 unspecified atom stereocenters. The molecule has 0 spiro atoms. The molecule has 1 amide bonds. The van der Waals surface area contributed by atoms with Crippen LogP contribution in [0.1, 0.15) is 36.8 Å². The maximum Gasteiger partial charge on any atom is 0.222 e. The first kappa shape index (κ1) is 16.9. The molecular formula is C19H25N3O2. The zero-order chi connectivity index (χ0) is 16.8. The van der Waals surface area contributed by atoms with Crippen LogP contribution < -0.4 is 0 Å². The summed E-state index contributed by atoms with van der Waals surface area (Å²) >= 11 is 0. The fourth-order valence-corrected chi connectivity index (χ4v) is 3.41. The van der Waals surface area contributed by atoms with Crippen LogP contribution in [0.2, 0.25) is 0 Å². The smallest absolute Gasteiger partial charge is 0.222 e. The summed E-state index contributed by atoms with van der Waals surface area (Å²) in [5.74, 6) is 0.267. The molecule has 1 aromatic rings. The lowest BCUT2D eigenvalue weighted by Gasteiger charge is -2.35. The van der Waals surface area contributed by atoms with Gasteiger partial charge in [-0.3, -0.25) is 9.69 Å². The lowest BCUT2D eigenvalue weighted by molar-refractivity contribution is -0.133. The molecule has 0 aliphatic carbocycles. The van der Waals surface area contributed by atoms with E-state index in [1.54, 1.807) is 0 Å². The van der Waals surface area contributed by atoms with E-state index in [1.807, 2.05) is 29.2 Å². The molecule has 5 heteroatoms. The van der Waals surface area contributed by atoms with Crippen LogP contribution in [-0.4, -0.2) is 54.6 Å². The molecule has 2 saturated heterocycles. The maximum atomic E-state index is 12.3. The third kappa shape index (κ3) is 4.56. The predicted octanol–water partition coefficient (Wildman–Crippen LogP) is 2.16. The highest BCUT2D eigenvalue weighted by Crippen LogP contribution is 2.18. The molecule has 1 atom stereocenters. The molecule has 5 nitrogen and oxygen atoms in total. The Hall–Kier alpha value is -1.90. The number of ether oxygens (including phenoxy) is 1. The average molecular weight is 327 g/mol. The minimum absolute atomic E-state index is 0.267. The molecule has 128 valence electrons. The van der Waals surface area contributed by atoms with Crippen LogP contribution >= 0.6 is 0 Å². The first-order valence-electron chi connectivity index (χ1n) is 8.85. The van der Waals surface area contributed by atoms with Gasteiger partial charge in [-0.15, -0.1) is 0 Å². The lowest BCUT2D eigenvalue weighted by Crippen LogP contribution is -2.48. The summed E-state index contributed by atoms with van der Waals surface area (Å²) in [7, 11) is 0. The Morgan fingerprint density at radius 1 is 1.21 bits per heavy atom. The number of hydrogen-bond acceptors (Lipinski definition) is 4. The van der Waals surface area contributed by atoms with Crippen molar-refractivity contribution in [2.45, 2.75) is 38.3 Å². The molecule has 0 N–H and O–H groups in total. The second-order valence-corrected chi connectivity index (χ2v) is 6.64. The van der Waals surface area contributed by atoms with E-state index in [9.17, 15) is 4.79 Å². The van der Waals surface area contributed by atoms with Gasteiger partial charge < -0.3 is 9.64 Å². The molecule has 2 heterocycles. The van der Waals surface area contributed by atoms with E-state index in [-0.39, 0.29) is 5.91 Å². The van der Waals surface area contributed by atoms with Crippen molar-refractivity contribution >= 4 is 5.91 Å². The second kappa shape index (κ2) is 8.27. The van der Waals surface area contributed by atoms with Gasteiger partial charge in [0.2, 0.25) is 5.91 Å². The van der Waals surface area contributed by atoms with Gasteiger partial charge in [0, 0.05) is 45.8 Å². The van der Waals surface area contributed by atoms with Gasteiger partial charge in [-0.1, -0.05) is 12.1 Å². The molecule has 2 fully saturated rings. The normalized spacial score (nSPS) is 21.6. The summed E-state index contributed by atoms with van der Waals surface area (Å²) in [5.41, 5.74) is 1.91. The predicted molar refractivity (Wildman–Crippen MR) is 91.2 cm³/mol. The summed E-state index contributed by atoms with van der Waals surface area (Å²) in [5, 5.41) is 8.84. The highest BCUT2D eigenvalue weighted by molar-refractivity contribution is 5.76. The van der Waals surface area contributed by atoms with Gasteiger partial charge in [0.1, 0.15) is 0 Å². The molecule has 2 aliphatic heterocycles. The van der Waals surface area contributed by atoms with Crippen molar-refractivity contribution in [2.75, 3.05) is 32.8 Å². The Bertz CT molecular complexity index is 580. The Labute approximate surface area is 143 Å². The van der Waals surface area contributed by atoms with Gasteiger partial charge in [0.25, 0.3) is 0 Å². The largest absolute Gasteiger partial charge is 0.378 e. The van der Waals surface area contributed by atoms with Crippen molar-refractivity contribution in [3.8, 4) is 6.07 Å². The number of piperazine rings is 1. The van der Waals surface area contributed by atoms with Gasteiger partial charge in [0.05, 0.1) is 17.7 Å². The van der Waals surface area contributed by atoms with E-state index >= 15 is 0 Å². The van der Waals surface area contributed by atoms with E-state index in [1.165, 1.54) is 5.56 Å². The Balaban J connectivity index is 1.39. The van der Waals surface area contributed by atoms with Crippen LogP contribution in [0, 0.1) is 11.3 Å². The molecule has 0 radical (unpaired) electrons. The Kier molecular flexibility index (Phi) is 5.84. The lowest BCUT2D eigenvalue weighted by atomic mass is 10.1. The van der Waals surface area contributed by atoms with Crippen molar-refractivity contribution in [3.63, 3.8) is 0 Å². The van der Waals surface area contributed by atoms with Crippen molar-refractivity contribution in [2.24, 2.45) is 0 Å². The SMILES string of the molecule is N#Cc1ccc(CN2CCN(C(=O)CC[C@H]3CCCO3)CC2)cc1. The molecular weight excluding hydrogens is 302 g/mol. The first-order valence-corrected chi connectivity index (χ1v) is 8.85. The van der Waals surface area contributed by atoms with Crippen LogP contribution in [0.5, 0.6) is 0 Å². The van der Waals surface area contributed by atoms with Crippen LogP contribution in [0.3, 0.4) is 0 Å². The first-order chi connectivity index (χ1) is 11.7. The molecule has 24 heavy (non-hydrogen) atoms. The van der Waals surface area contributed by atoms with Crippen molar-refractivity contribution in [1.82, 2.24) is 9.80 Å². The fourth-order valence-electron chi connectivity index (χ4n) is 3.41. The van der Waals surface area contributed by atoms with Crippen LogP contribution in [-0.2, 0) is 16.1 Å². The van der Waals surface area contributed by atoms with Crippen LogP contribution in [0.15, 0.2) is 24.3 Å². The van der Waals surface area contributed by atoms with Crippen molar-refractivity contribution in [1.29, 1.82) is 5.26 Å². The number of benzene rings is 1. The molecule has 0 bridgehead atoms. The van der Waals surface area contributed by atoms with Gasteiger partial charge in [-0.05, 0) is 37.0 Å². The standard InChI is InChI=1S/C19H25N3O2/c20-14-16-3-5-17(6-4-16)15-21-9-11-22(12-10-21)19(23)8-7-18-2-1-13-24-18/h3-6,18H,1-2,7-13,15H2/t18-/m1/s1. The monoisotopic (exact) mass is 327 g/mol. The number of hydrogen-bond donors (Lipinski definition) is 0. The van der Waals surface area contributed by atoms with Crippen molar-refractivity contribution in [3.05, 3.63) is 35.4 Å². The van der Waals surface area contributed by atoms with Gasteiger partial charge >= 0.3 is 0 Å². The quantitative estimate of drug-likeness (QED) is 0.831. The molecule has 2 aliphatic rings. The zero-order valence-corrected chi connectivity index (χ0v) is 14.1. The van der Waals surface area contributed by atoms with Gasteiger partial charge in [0.15, 0.2) is 0 Å². The summed E-state index contributed by atoms with van der Waals surface area (Å²) in [4.78, 5) is 16.7. The van der Waals surface area contributed by atoms with Gasteiger partial charge in [-0.2, -0.15) is 5.26 Å². The fraction of sp³-hybridized carbons (Fsp3) is 0.579. The Morgan fingerprint density at radius 2 is 1.96 bits per heavy atom. The number of amides is 1. The Morgan fingerprint density at radius 3 is 2.58 bits per heavy atom. The van der Waals surface area contributed by atoms with E-state index in [0.717, 1.165) is 58.6 Å². The summed E-state index contributed by atoms with van der Waals surface area (Å²) in [6, 6.07) is 9.89. The number of nitrogens with zero attached hydrogens (tertiary/aromatic N) is 3. The number of nitriles is 1. The number of carbonyl (C=O) groups excluding carboxylic acids is 1. The third-order valence-electron chi connectivity index (χ3n) is 4.92. The zero-order valence-electron chi connectivity index (χ0n) is 14.1. The molecule has 1 aromatic carbocycles. The van der Waals surface area contributed by atoms with Crippen molar-refractivity contribution < 1.29 is 9.53 Å². The topological polar surface area (TPSA) is 56.6 Å². The molecule has 3 rings (SSSR count). The van der Waals surface area contributed by atoms with E-state index < -0.39 is 0 Å². The number of rotatable bonds is 5. The van der Waals surface area contributed by atoms with Crippen LogP contribution in [0.4, 0.5) is 0 Å². The van der Waals surface area contributed by atoms with E-state index in [0.29, 0.717) is 18.1 Å².